The topological polar surface area (TPSA) is 40.1 Å². The number of carboxylic acids is 1. The predicted molar refractivity (Wildman–Crippen MR) is 107 cm³/mol. The van der Waals surface area contributed by atoms with Gasteiger partial charge in [-0.15, -0.1) is 0 Å². The molecule has 0 unspecified atom stereocenters. The van der Waals surface area contributed by atoms with Crippen molar-refractivity contribution in [3.63, 3.8) is 0 Å². The van der Waals surface area contributed by atoms with Crippen LogP contribution in [0.1, 0.15) is 52.4 Å². The Morgan fingerprint density at radius 1 is 0.800 bits per heavy atom. The summed E-state index contributed by atoms with van der Waals surface area (Å²) in [6, 6.07) is 22.6. The minimum atomic E-state index is -1.66. The molecule has 0 radical (unpaired) electrons. The Morgan fingerprint density at radius 2 is 1.20 bits per heavy atom. The molecule has 0 amide bonds. The number of carboxylic acid groups (broad SMARTS) is 1. The Bertz CT molecular complexity index is 526. The minimum absolute atomic E-state index is 0.972. The molecular weight excluding hydrogens is 415 g/mol. The van der Waals surface area contributed by atoms with Crippen molar-refractivity contribution >= 4 is 32.9 Å². The molecule has 2 aromatic rings. The van der Waals surface area contributed by atoms with E-state index in [9.17, 15) is 0 Å². The van der Waals surface area contributed by atoms with Crippen LogP contribution in [0.2, 0.25) is 4.44 Å². The number of carbonyl (C=O) groups excluding carboxylic acids is 1. The van der Waals surface area contributed by atoms with Crippen LogP contribution in [0.3, 0.4) is 0 Å². The quantitative estimate of drug-likeness (QED) is 0.439. The summed E-state index contributed by atoms with van der Waals surface area (Å²) in [7, 11) is 0. The molecular formula is C22H30O2Sn. The molecule has 0 N–H and O–H groups in total. The van der Waals surface area contributed by atoms with E-state index in [0.29, 0.717) is 0 Å². The van der Waals surface area contributed by atoms with Crippen LogP contribution < -0.4 is 12.3 Å². The summed E-state index contributed by atoms with van der Waals surface area (Å²) >= 11 is -1.66. The van der Waals surface area contributed by atoms with Gasteiger partial charge < -0.3 is 9.90 Å². The zero-order valence-electron chi connectivity index (χ0n) is 15.5. The van der Waals surface area contributed by atoms with Gasteiger partial charge in [-0.05, 0) is 6.92 Å². The normalized spacial score (nSPS) is 9.84. The van der Waals surface area contributed by atoms with Crippen LogP contribution in [0.5, 0.6) is 0 Å². The van der Waals surface area contributed by atoms with E-state index in [2.05, 4.69) is 67.6 Å². The van der Waals surface area contributed by atoms with E-state index in [0.717, 1.165) is 6.92 Å². The van der Waals surface area contributed by atoms with Gasteiger partial charge in [0.25, 0.3) is 0 Å². The summed E-state index contributed by atoms with van der Waals surface area (Å²) in [4.78, 5) is 8.89. The van der Waals surface area contributed by atoms with Gasteiger partial charge >= 0.3 is 137 Å². The van der Waals surface area contributed by atoms with Crippen molar-refractivity contribution in [2.24, 2.45) is 0 Å². The third-order valence-corrected chi connectivity index (χ3v) is 12.3. The van der Waals surface area contributed by atoms with Crippen molar-refractivity contribution in [2.75, 3.05) is 0 Å². The molecule has 0 atom stereocenters. The summed E-state index contributed by atoms with van der Waals surface area (Å²) in [5.41, 5.74) is 0. The number of rotatable bonds is 9. The van der Waals surface area contributed by atoms with E-state index >= 15 is 0 Å². The predicted octanol–water partition coefficient (Wildman–Crippen LogP) is 3.41. The Morgan fingerprint density at radius 3 is 1.64 bits per heavy atom. The molecule has 0 fully saturated rings. The number of unbranched alkanes of at least 4 members (excludes halogenated alkanes) is 5. The van der Waals surface area contributed by atoms with Crippen molar-refractivity contribution in [1.82, 2.24) is 0 Å². The molecule has 134 valence electrons. The first-order chi connectivity index (χ1) is 12.1. The summed E-state index contributed by atoms with van der Waals surface area (Å²) in [5, 5.41) is 8.89. The van der Waals surface area contributed by atoms with Gasteiger partial charge in [0, 0.05) is 5.97 Å². The monoisotopic (exact) mass is 446 g/mol. The van der Waals surface area contributed by atoms with Crippen molar-refractivity contribution in [1.29, 1.82) is 0 Å². The van der Waals surface area contributed by atoms with Crippen molar-refractivity contribution in [3.8, 4) is 0 Å². The molecule has 0 aliphatic carbocycles. The Balaban J connectivity index is 0.000000705. The average molecular weight is 445 g/mol. The number of benzene rings is 2. The van der Waals surface area contributed by atoms with Crippen LogP contribution in [0, 0.1) is 0 Å². The molecule has 2 rings (SSSR count). The fourth-order valence-corrected chi connectivity index (χ4v) is 10.5. The van der Waals surface area contributed by atoms with Crippen molar-refractivity contribution in [3.05, 3.63) is 60.7 Å². The fraction of sp³-hybridized carbons (Fsp3) is 0.409. The number of hydrogen-bond donors (Lipinski definition) is 0. The van der Waals surface area contributed by atoms with Gasteiger partial charge in [-0.1, -0.05) is 0 Å². The molecule has 0 aliphatic heterocycles. The van der Waals surface area contributed by atoms with Crippen LogP contribution in [0.4, 0.5) is 0 Å². The molecule has 0 spiro atoms. The van der Waals surface area contributed by atoms with Gasteiger partial charge in [-0.25, -0.2) is 0 Å². The molecule has 3 heteroatoms. The SMILES string of the molecule is CC(=O)[O-].CCCCCCC[CH2][Sn+]([c]1ccccc1)[c]1ccccc1. The molecule has 0 aromatic heterocycles. The van der Waals surface area contributed by atoms with Crippen LogP contribution in [-0.4, -0.2) is 25.7 Å². The van der Waals surface area contributed by atoms with Gasteiger partial charge in [0.05, 0.1) is 0 Å². The van der Waals surface area contributed by atoms with E-state index in [1.54, 1.807) is 7.16 Å². The van der Waals surface area contributed by atoms with Crippen LogP contribution in [0.15, 0.2) is 60.7 Å². The summed E-state index contributed by atoms with van der Waals surface area (Å²) in [6.07, 6.45) is 8.43. The van der Waals surface area contributed by atoms with Crippen LogP contribution >= 0.6 is 0 Å². The second kappa shape index (κ2) is 13.9. The zero-order valence-corrected chi connectivity index (χ0v) is 18.4. The van der Waals surface area contributed by atoms with Crippen LogP contribution in [-0.2, 0) is 4.79 Å². The average Bonchev–Trinajstić information content (AvgIpc) is 2.62. The Hall–Kier alpha value is -1.29. The first-order valence-corrected chi connectivity index (χ1v) is 14.2. The second-order valence-corrected chi connectivity index (χ2v) is 13.7. The standard InChI is InChI=1S/C8H17.2C6H5.C2H4O2.Sn/c1-3-5-7-8-6-4-2;2*1-2-4-6-5-3-1;1-2(3)4;/h1,3-8H2,2H3;2*1-5H;1H3,(H,3,4);/q;;;;+1/p-1. The number of aliphatic carboxylic acids is 1. The maximum absolute atomic E-state index is 8.89. The van der Waals surface area contributed by atoms with Gasteiger partial charge in [0.15, 0.2) is 0 Å². The zero-order chi connectivity index (χ0) is 18.3. The number of hydrogen-bond acceptors (Lipinski definition) is 2. The molecule has 2 aromatic carbocycles. The van der Waals surface area contributed by atoms with Gasteiger partial charge in [0.2, 0.25) is 0 Å². The van der Waals surface area contributed by atoms with Gasteiger partial charge in [-0.3, -0.25) is 0 Å². The molecule has 0 saturated heterocycles. The van der Waals surface area contributed by atoms with Crippen molar-refractivity contribution < 1.29 is 9.90 Å². The van der Waals surface area contributed by atoms with E-state index in [4.69, 9.17) is 9.90 Å². The van der Waals surface area contributed by atoms with E-state index in [1.807, 2.05) is 0 Å². The maximum atomic E-state index is 8.89. The van der Waals surface area contributed by atoms with E-state index in [1.165, 1.54) is 43.0 Å². The van der Waals surface area contributed by atoms with E-state index in [-0.39, 0.29) is 0 Å². The Kier molecular flexibility index (Phi) is 12.1. The molecule has 0 aliphatic rings. The molecule has 2 nitrogen and oxygen atoms in total. The summed E-state index contributed by atoms with van der Waals surface area (Å²) < 4.78 is 4.77. The van der Waals surface area contributed by atoms with Gasteiger partial charge in [-0.2, -0.15) is 0 Å². The fourth-order valence-electron chi connectivity index (χ4n) is 2.82. The third kappa shape index (κ3) is 10.3. The van der Waals surface area contributed by atoms with Crippen LogP contribution in [0.25, 0.3) is 0 Å². The molecule has 0 saturated carbocycles. The molecule has 0 bridgehead atoms. The first kappa shape index (κ1) is 21.8. The Labute approximate surface area is 160 Å². The summed E-state index contributed by atoms with van der Waals surface area (Å²) in [5.74, 6) is -1.08. The summed E-state index contributed by atoms with van der Waals surface area (Å²) in [6.45, 7) is 3.26. The molecule has 0 heterocycles. The third-order valence-electron chi connectivity index (χ3n) is 4.02. The van der Waals surface area contributed by atoms with E-state index < -0.39 is 25.7 Å². The molecule has 25 heavy (non-hydrogen) atoms. The number of carbonyl (C=O) groups is 1. The van der Waals surface area contributed by atoms with Gasteiger partial charge in [0.1, 0.15) is 0 Å². The second-order valence-electron chi connectivity index (χ2n) is 6.22. The van der Waals surface area contributed by atoms with Crippen molar-refractivity contribution in [2.45, 2.75) is 56.8 Å². The first-order valence-electron chi connectivity index (χ1n) is 9.29.